The van der Waals surface area contributed by atoms with E-state index < -0.39 is 27.8 Å². The minimum atomic E-state index is -3.95. The number of fused-ring (bicyclic) bond motifs is 1. The van der Waals surface area contributed by atoms with E-state index in [1.54, 1.807) is 12.1 Å². The van der Waals surface area contributed by atoms with Crippen molar-refractivity contribution in [2.45, 2.75) is 38.8 Å². The van der Waals surface area contributed by atoms with Crippen molar-refractivity contribution in [1.82, 2.24) is 14.1 Å². The Morgan fingerprint density at radius 1 is 1.35 bits per heavy atom. The van der Waals surface area contributed by atoms with Crippen LogP contribution in [0.25, 0.3) is 22.0 Å². The van der Waals surface area contributed by atoms with Gasteiger partial charge in [0.15, 0.2) is 11.6 Å². The maximum Gasteiger partial charge on any atom is 0.320 e. The van der Waals surface area contributed by atoms with E-state index in [0.717, 1.165) is 22.3 Å². The summed E-state index contributed by atoms with van der Waals surface area (Å²) in [5, 5.41) is 19.0. The molecule has 0 saturated heterocycles. The maximum absolute atomic E-state index is 12.1. The van der Waals surface area contributed by atoms with Gasteiger partial charge in [-0.3, -0.25) is 4.79 Å². The number of benzene rings is 2. The molecule has 2 N–H and O–H groups in total. The molecule has 2 aromatic carbocycles. The van der Waals surface area contributed by atoms with Crippen LogP contribution in [-0.2, 0) is 21.2 Å². The van der Waals surface area contributed by atoms with E-state index in [1.807, 2.05) is 38.1 Å². The Labute approximate surface area is 201 Å². The Kier molecular flexibility index (Phi) is 6.65. The van der Waals surface area contributed by atoms with E-state index in [9.17, 15) is 18.5 Å². The monoisotopic (exact) mass is 498 g/mol. The molecule has 0 radical (unpaired) electrons. The summed E-state index contributed by atoms with van der Waals surface area (Å²) in [4.78, 5) is 15.5. The quantitative estimate of drug-likeness (QED) is 0.480. The molecule has 3 aromatic rings. The molecular formula is C23H22N4O5S2. The zero-order valence-electron chi connectivity index (χ0n) is 18.5. The van der Waals surface area contributed by atoms with E-state index in [0.29, 0.717) is 35.0 Å². The Morgan fingerprint density at radius 3 is 2.85 bits per heavy atom. The number of hydrogen-bond donors (Lipinski definition) is 2. The van der Waals surface area contributed by atoms with Crippen molar-refractivity contribution in [2.24, 2.45) is 0 Å². The number of carbonyl (C=O) groups is 1. The fourth-order valence-corrected chi connectivity index (χ4v) is 5.72. The van der Waals surface area contributed by atoms with E-state index in [4.69, 9.17) is 9.84 Å². The van der Waals surface area contributed by atoms with Crippen LogP contribution in [0.2, 0.25) is 0 Å². The lowest BCUT2D eigenvalue weighted by molar-refractivity contribution is -0.134. The van der Waals surface area contributed by atoms with Gasteiger partial charge in [0.1, 0.15) is 16.8 Å². The minimum absolute atomic E-state index is 0.0521. The first kappa shape index (κ1) is 23.8. The van der Waals surface area contributed by atoms with Gasteiger partial charge < -0.3 is 9.84 Å². The first-order valence-corrected chi connectivity index (χ1v) is 13.0. The van der Waals surface area contributed by atoms with Crippen LogP contribution in [0, 0.1) is 11.3 Å². The summed E-state index contributed by atoms with van der Waals surface area (Å²) in [6.07, 6.45) is 1.08. The summed E-state index contributed by atoms with van der Waals surface area (Å²) >= 11 is 1.21. The van der Waals surface area contributed by atoms with Crippen LogP contribution in [0.1, 0.15) is 43.0 Å². The third-order valence-corrected chi connectivity index (χ3v) is 7.32. The molecule has 0 bridgehead atoms. The lowest BCUT2D eigenvalue weighted by Crippen LogP contribution is -2.32. The van der Waals surface area contributed by atoms with E-state index in [1.165, 1.54) is 11.5 Å². The van der Waals surface area contributed by atoms with Crippen molar-refractivity contribution in [3.8, 4) is 33.8 Å². The highest BCUT2D eigenvalue weighted by atomic mass is 32.2. The summed E-state index contributed by atoms with van der Waals surface area (Å²) < 4.78 is 36.9. The zero-order chi connectivity index (χ0) is 24.5. The highest BCUT2D eigenvalue weighted by molar-refractivity contribution is 7.90. The van der Waals surface area contributed by atoms with Crippen LogP contribution in [-0.4, -0.2) is 40.7 Å². The van der Waals surface area contributed by atoms with Gasteiger partial charge in [0.05, 0.1) is 11.7 Å². The molecule has 1 aliphatic carbocycles. The number of nitrogens with zero attached hydrogens (tertiary/aromatic N) is 3. The van der Waals surface area contributed by atoms with Gasteiger partial charge in [-0.05, 0) is 67.5 Å². The van der Waals surface area contributed by atoms with Crippen LogP contribution < -0.4 is 9.46 Å². The van der Waals surface area contributed by atoms with Gasteiger partial charge in [0.2, 0.25) is 10.0 Å². The summed E-state index contributed by atoms with van der Waals surface area (Å²) in [5.74, 6) is -1.33. The average molecular weight is 499 g/mol. The standard InChI is InChI=1S/C23H22N4O5S2/c1-13(2)32-20-9-6-14(10-15(20)11-24)23-25-22(26-33-23)18-5-3-4-17-16(18)7-8-19(17)27-34(30,31)12-21(28)29/h3-6,9-10,13,19,27H,7-8,12H2,1-2H3,(H,28,29)/t19-/m0/s1. The third-order valence-electron chi connectivity index (χ3n) is 5.28. The maximum atomic E-state index is 12.1. The Hall–Kier alpha value is -3.33. The number of hydrogen-bond acceptors (Lipinski definition) is 8. The van der Waals surface area contributed by atoms with Gasteiger partial charge in [-0.1, -0.05) is 18.2 Å². The third kappa shape index (κ3) is 5.09. The molecule has 4 rings (SSSR count). The topological polar surface area (TPSA) is 142 Å². The normalized spacial score (nSPS) is 15.2. The molecule has 9 nitrogen and oxygen atoms in total. The number of aliphatic carboxylic acids is 1. The van der Waals surface area contributed by atoms with E-state index in [2.05, 4.69) is 20.1 Å². The largest absolute Gasteiger partial charge is 0.490 e. The second-order valence-corrected chi connectivity index (χ2v) is 10.7. The summed E-state index contributed by atoms with van der Waals surface area (Å²) in [5.41, 5.74) is 3.71. The lowest BCUT2D eigenvalue weighted by Gasteiger charge is -2.14. The van der Waals surface area contributed by atoms with Gasteiger partial charge in [0.25, 0.3) is 0 Å². The molecular weight excluding hydrogens is 476 g/mol. The van der Waals surface area contributed by atoms with Crippen molar-refractivity contribution >= 4 is 27.5 Å². The van der Waals surface area contributed by atoms with E-state index >= 15 is 0 Å². The Bertz CT molecular complexity index is 1390. The predicted molar refractivity (Wildman–Crippen MR) is 127 cm³/mol. The average Bonchev–Trinajstić information content (AvgIpc) is 3.40. The highest BCUT2D eigenvalue weighted by Gasteiger charge is 2.30. The molecule has 34 heavy (non-hydrogen) atoms. The van der Waals surface area contributed by atoms with Crippen LogP contribution >= 0.6 is 11.5 Å². The molecule has 0 aliphatic heterocycles. The lowest BCUT2D eigenvalue weighted by atomic mass is 10.0. The van der Waals surface area contributed by atoms with Crippen LogP contribution in [0.5, 0.6) is 5.75 Å². The van der Waals surface area contributed by atoms with Crippen LogP contribution in [0.3, 0.4) is 0 Å². The molecule has 0 spiro atoms. The van der Waals surface area contributed by atoms with Crippen molar-refractivity contribution in [2.75, 3.05) is 5.75 Å². The number of ether oxygens (including phenoxy) is 1. The first-order valence-electron chi connectivity index (χ1n) is 10.6. The number of carboxylic acids is 1. The number of sulfonamides is 1. The molecule has 1 heterocycles. The number of carboxylic acid groups (broad SMARTS) is 1. The van der Waals surface area contributed by atoms with Gasteiger partial charge >= 0.3 is 5.97 Å². The van der Waals surface area contributed by atoms with Crippen molar-refractivity contribution in [3.05, 3.63) is 53.1 Å². The van der Waals surface area contributed by atoms with Crippen molar-refractivity contribution < 1.29 is 23.1 Å². The molecule has 1 aliphatic rings. The summed E-state index contributed by atoms with van der Waals surface area (Å²) in [6, 6.07) is 12.5. The van der Waals surface area contributed by atoms with Crippen molar-refractivity contribution in [3.63, 3.8) is 0 Å². The molecule has 0 saturated carbocycles. The summed E-state index contributed by atoms with van der Waals surface area (Å²) in [7, 11) is -3.95. The smallest absolute Gasteiger partial charge is 0.320 e. The first-order chi connectivity index (χ1) is 16.2. The molecule has 176 valence electrons. The van der Waals surface area contributed by atoms with Gasteiger partial charge in [-0.25, -0.2) is 18.1 Å². The van der Waals surface area contributed by atoms with Gasteiger partial charge in [-0.15, -0.1) is 0 Å². The van der Waals surface area contributed by atoms with Crippen LogP contribution in [0.4, 0.5) is 0 Å². The van der Waals surface area contributed by atoms with Crippen molar-refractivity contribution in [1.29, 1.82) is 5.26 Å². The SMILES string of the molecule is CC(C)Oc1ccc(-c2nc(-c3cccc4c3CC[C@@H]4NS(=O)(=O)CC(=O)O)ns2)cc1C#N. The fraction of sp³-hybridized carbons (Fsp3) is 0.304. The van der Waals surface area contributed by atoms with Crippen LogP contribution in [0.15, 0.2) is 36.4 Å². The second-order valence-electron chi connectivity index (χ2n) is 8.15. The molecule has 0 amide bonds. The molecule has 1 aromatic heterocycles. The minimum Gasteiger partial charge on any atom is -0.490 e. The number of nitriles is 1. The number of nitrogens with one attached hydrogen (secondary N) is 1. The Morgan fingerprint density at radius 2 is 2.15 bits per heavy atom. The molecule has 0 unspecified atom stereocenters. The molecule has 11 heteroatoms. The fourth-order valence-electron chi connectivity index (χ4n) is 3.96. The van der Waals surface area contributed by atoms with E-state index in [-0.39, 0.29) is 6.10 Å². The molecule has 0 fully saturated rings. The summed E-state index contributed by atoms with van der Waals surface area (Å²) in [6.45, 7) is 3.79. The van der Waals surface area contributed by atoms with Gasteiger partial charge in [0, 0.05) is 17.2 Å². The number of aromatic nitrogens is 2. The highest BCUT2D eigenvalue weighted by Crippen LogP contribution is 2.38. The zero-order valence-corrected chi connectivity index (χ0v) is 20.1. The number of rotatable bonds is 8. The Balaban J connectivity index is 1.62. The molecule has 1 atom stereocenters. The second kappa shape index (κ2) is 9.50. The predicted octanol–water partition coefficient (Wildman–Crippen LogP) is 3.52. The van der Waals surface area contributed by atoms with Gasteiger partial charge in [-0.2, -0.15) is 9.64 Å².